The number of nitro benzene ring substituents is 1. The standard InChI is InChI=1S/C22H16ClN3O4/c1-13-3-4-14(2)20(9-13)25-22(27)15(12-24)10-17-6-8-21(30-17)18-11-16(26(28)29)5-7-19(18)23/h3-11H,1-2H3,(H,25,27)/b15-10+. The van der Waals surface area contributed by atoms with Crippen LogP contribution in [0.4, 0.5) is 11.4 Å². The van der Waals surface area contributed by atoms with E-state index in [0.29, 0.717) is 11.3 Å². The van der Waals surface area contributed by atoms with Crippen LogP contribution in [-0.2, 0) is 4.79 Å². The summed E-state index contributed by atoms with van der Waals surface area (Å²) in [6.45, 7) is 3.76. The Kier molecular flexibility index (Phi) is 6.00. The molecule has 0 atom stereocenters. The van der Waals surface area contributed by atoms with E-state index in [0.717, 1.165) is 11.1 Å². The summed E-state index contributed by atoms with van der Waals surface area (Å²) in [7, 11) is 0. The van der Waals surface area contributed by atoms with Crippen molar-refractivity contribution >= 4 is 35.0 Å². The quantitative estimate of drug-likeness (QED) is 0.247. The second-order valence-electron chi connectivity index (χ2n) is 6.57. The number of hydrogen-bond acceptors (Lipinski definition) is 5. The highest BCUT2D eigenvalue weighted by atomic mass is 35.5. The Morgan fingerprint density at radius 1 is 1.20 bits per heavy atom. The molecule has 30 heavy (non-hydrogen) atoms. The first kappa shape index (κ1) is 20.8. The van der Waals surface area contributed by atoms with Crippen molar-refractivity contribution in [2.24, 2.45) is 0 Å². The highest BCUT2D eigenvalue weighted by molar-refractivity contribution is 6.33. The minimum absolute atomic E-state index is 0.131. The lowest BCUT2D eigenvalue weighted by atomic mass is 10.1. The SMILES string of the molecule is Cc1ccc(C)c(NC(=O)/C(C#N)=C/c2ccc(-c3cc([N+](=O)[O-])ccc3Cl)o2)c1. The number of carbonyl (C=O) groups is 1. The molecule has 0 unspecified atom stereocenters. The van der Waals surface area contributed by atoms with E-state index in [-0.39, 0.29) is 27.8 Å². The number of benzene rings is 2. The van der Waals surface area contributed by atoms with Crippen LogP contribution in [0.25, 0.3) is 17.4 Å². The van der Waals surface area contributed by atoms with Crippen molar-refractivity contribution in [1.82, 2.24) is 0 Å². The van der Waals surface area contributed by atoms with Crippen LogP contribution in [0.1, 0.15) is 16.9 Å². The molecule has 0 radical (unpaired) electrons. The van der Waals surface area contributed by atoms with Gasteiger partial charge in [-0.25, -0.2) is 0 Å². The van der Waals surface area contributed by atoms with Gasteiger partial charge in [-0.05, 0) is 49.2 Å². The van der Waals surface area contributed by atoms with Gasteiger partial charge in [-0.2, -0.15) is 5.26 Å². The van der Waals surface area contributed by atoms with Crippen molar-refractivity contribution in [3.8, 4) is 17.4 Å². The van der Waals surface area contributed by atoms with E-state index in [4.69, 9.17) is 16.0 Å². The molecule has 3 aromatic rings. The molecule has 0 bridgehead atoms. The predicted octanol–water partition coefficient (Wildman–Crippen LogP) is 5.67. The number of amides is 1. The molecule has 0 fully saturated rings. The Labute approximate surface area is 177 Å². The van der Waals surface area contributed by atoms with Crippen LogP contribution in [0.3, 0.4) is 0 Å². The molecule has 0 spiro atoms. The maximum absolute atomic E-state index is 12.5. The highest BCUT2D eigenvalue weighted by Crippen LogP contribution is 2.33. The molecule has 0 saturated carbocycles. The van der Waals surface area contributed by atoms with Crippen LogP contribution in [0.2, 0.25) is 5.02 Å². The lowest BCUT2D eigenvalue weighted by Crippen LogP contribution is -2.14. The van der Waals surface area contributed by atoms with Crippen molar-refractivity contribution in [2.75, 3.05) is 5.32 Å². The van der Waals surface area contributed by atoms with Crippen LogP contribution in [0.15, 0.2) is 58.5 Å². The van der Waals surface area contributed by atoms with Gasteiger partial charge in [-0.3, -0.25) is 14.9 Å². The number of nitrogens with zero attached hydrogens (tertiary/aromatic N) is 2. The van der Waals surface area contributed by atoms with Gasteiger partial charge in [0.2, 0.25) is 0 Å². The third-order valence-electron chi connectivity index (χ3n) is 4.35. The summed E-state index contributed by atoms with van der Waals surface area (Å²) >= 11 is 6.13. The van der Waals surface area contributed by atoms with Gasteiger partial charge in [-0.15, -0.1) is 0 Å². The van der Waals surface area contributed by atoms with E-state index < -0.39 is 10.8 Å². The Balaban J connectivity index is 1.88. The normalized spacial score (nSPS) is 11.1. The van der Waals surface area contributed by atoms with Crippen LogP contribution in [0, 0.1) is 35.3 Å². The number of halogens is 1. The number of hydrogen-bond donors (Lipinski definition) is 1. The van der Waals surface area contributed by atoms with Crippen LogP contribution >= 0.6 is 11.6 Å². The summed E-state index contributed by atoms with van der Waals surface area (Å²) in [5.74, 6) is -0.0556. The summed E-state index contributed by atoms with van der Waals surface area (Å²) in [6, 6.07) is 14.6. The molecule has 1 amide bonds. The Morgan fingerprint density at radius 2 is 1.97 bits per heavy atom. The first-order valence-electron chi connectivity index (χ1n) is 8.83. The molecule has 0 saturated heterocycles. The van der Waals surface area contributed by atoms with Crippen molar-refractivity contribution in [2.45, 2.75) is 13.8 Å². The van der Waals surface area contributed by atoms with Gasteiger partial charge in [0.05, 0.1) is 9.95 Å². The second kappa shape index (κ2) is 8.64. The number of carbonyl (C=O) groups excluding carboxylic acids is 1. The van der Waals surface area contributed by atoms with E-state index in [1.807, 2.05) is 38.1 Å². The van der Waals surface area contributed by atoms with Gasteiger partial charge in [0.1, 0.15) is 23.2 Å². The van der Waals surface area contributed by atoms with Crippen molar-refractivity contribution < 1.29 is 14.1 Å². The third-order valence-corrected chi connectivity index (χ3v) is 4.68. The summed E-state index contributed by atoms with van der Waals surface area (Å²) in [5.41, 5.74) is 2.51. The molecule has 0 aliphatic rings. The summed E-state index contributed by atoms with van der Waals surface area (Å²) in [5, 5.41) is 23.4. The van der Waals surface area contributed by atoms with E-state index in [1.165, 1.54) is 24.3 Å². The van der Waals surface area contributed by atoms with Crippen molar-refractivity contribution in [3.05, 3.63) is 86.1 Å². The van der Waals surface area contributed by atoms with Crippen LogP contribution < -0.4 is 5.32 Å². The van der Waals surface area contributed by atoms with Gasteiger partial charge in [0.25, 0.3) is 11.6 Å². The van der Waals surface area contributed by atoms with E-state index in [1.54, 1.807) is 12.1 Å². The lowest BCUT2D eigenvalue weighted by Gasteiger charge is -2.08. The number of rotatable bonds is 5. The number of non-ortho nitro benzene ring substituents is 1. The fourth-order valence-corrected chi connectivity index (χ4v) is 2.95. The highest BCUT2D eigenvalue weighted by Gasteiger charge is 2.16. The van der Waals surface area contributed by atoms with Crippen LogP contribution in [0.5, 0.6) is 0 Å². The van der Waals surface area contributed by atoms with Gasteiger partial charge in [-0.1, -0.05) is 23.7 Å². The topological polar surface area (TPSA) is 109 Å². The molecule has 1 aromatic heterocycles. The zero-order valence-corrected chi connectivity index (χ0v) is 16.9. The summed E-state index contributed by atoms with van der Waals surface area (Å²) < 4.78 is 5.65. The first-order valence-corrected chi connectivity index (χ1v) is 9.21. The maximum Gasteiger partial charge on any atom is 0.270 e. The molecule has 150 valence electrons. The zero-order chi connectivity index (χ0) is 21.8. The molecule has 0 aliphatic heterocycles. The predicted molar refractivity (Wildman–Crippen MR) is 114 cm³/mol. The number of anilines is 1. The zero-order valence-electron chi connectivity index (χ0n) is 16.1. The molecular formula is C22H16ClN3O4. The molecule has 1 heterocycles. The van der Waals surface area contributed by atoms with Gasteiger partial charge >= 0.3 is 0 Å². The fourth-order valence-electron chi connectivity index (χ4n) is 2.74. The van der Waals surface area contributed by atoms with Gasteiger partial charge < -0.3 is 9.73 Å². The van der Waals surface area contributed by atoms with Gasteiger partial charge in [0.15, 0.2) is 0 Å². The number of nitrogens with one attached hydrogen (secondary N) is 1. The molecule has 0 aliphatic carbocycles. The largest absolute Gasteiger partial charge is 0.457 e. The maximum atomic E-state index is 12.5. The monoisotopic (exact) mass is 421 g/mol. The van der Waals surface area contributed by atoms with Crippen molar-refractivity contribution in [3.63, 3.8) is 0 Å². The number of aryl methyl sites for hydroxylation is 2. The molecule has 8 heteroatoms. The van der Waals surface area contributed by atoms with Crippen LogP contribution in [-0.4, -0.2) is 10.8 Å². The first-order chi connectivity index (χ1) is 14.3. The number of furan rings is 1. The molecular weight excluding hydrogens is 406 g/mol. The summed E-state index contributed by atoms with van der Waals surface area (Å²) in [4.78, 5) is 23.0. The molecule has 7 nitrogen and oxygen atoms in total. The fraction of sp³-hybridized carbons (Fsp3) is 0.0909. The molecule has 3 rings (SSSR count). The number of nitro groups is 1. The minimum atomic E-state index is -0.572. The number of nitriles is 1. The smallest absolute Gasteiger partial charge is 0.270 e. The van der Waals surface area contributed by atoms with E-state index >= 15 is 0 Å². The minimum Gasteiger partial charge on any atom is -0.457 e. The van der Waals surface area contributed by atoms with Crippen molar-refractivity contribution in [1.29, 1.82) is 5.26 Å². The Hall–Kier alpha value is -3.89. The molecule has 1 N–H and O–H groups in total. The summed E-state index contributed by atoms with van der Waals surface area (Å²) in [6.07, 6.45) is 1.30. The average Bonchev–Trinajstić information content (AvgIpc) is 3.17. The van der Waals surface area contributed by atoms with Gasteiger partial charge in [0, 0.05) is 29.5 Å². The Morgan fingerprint density at radius 3 is 2.67 bits per heavy atom. The van der Waals surface area contributed by atoms with E-state index in [9.17, 15) is 20.2 Å². The van der Waals surface area contributed by atoms with E-state index in [2.05, 4.69) is 5.32 Å². The lowest BCUT2D eigenvalue weighted by molar-refractivity contribution is -0.384. The Bertz CT molecular complexity index is 1220. The second-order valence-corrected chi connectivity index (χ2v) is 6.97. The third kappa shape index (κ3) is 4.57. The average molecular weight is 422 g/mol. The molecule has 2 aromatic carbocycles.